The van der Waals surface area contributed by atoms with Gasteiger partial charge in [-0.3, -0.25) is 9.59 Å². The summed E-state index contributed by atoms with van der Waals surface area (Å²) in [5.74, 6) is 0.280. The maximum atomic E-state index is 12.2. The summed E-state index contributed by atoms with van der Waals surface area (Å²) in [6.07, 6.45) is 0.484. The molecule has 0 spiro atoms. The van der Waals surface area contributed by atoms with E-state index in [0.717, 1.165) is 5.69 Å². The monoisotopic (exact) mass is 260 g/mol. The summed E-state index contributed by atoms with van der Waals surface area (Å²) < 4.78 is 0. The van der Waals surface area contributed by atoms with Crippen LogP contribution < -0.4 is 10.6 Å². The number of nitrogens with two attached hydrogens (primary N) is 1. The molecule has 4 heteroatoms. The van der Waals surface area contributed by atoms with Gasteiger partial charge >= 0.3 is 0 Å². The van der Waals surface area contributed by atoms with E-state index < -0.39 is 0 Å². The molecule has 1 aliphatic heterocycles. The predicted molar refractivity (Wildman–Crippen MR) is 75.2 cm³/mol. The van der Waals surface area contributed by atoms with Gasteiger partial charge in [0.05, 0.1) is 0 Å². The van der Waals surface area contributed by atoms with Crippen molar-refractivity contribution in [1.82, 2.24) is 0 Å². The largest absolute Gasteiger partial charge is 0.330 e. The average Bonchev–Trinajstić information content (AvgIpc) is 2.59. The average molecular weight is 260 g/mol. The number of ketones is 1. The van der Waals surface area contributed by atoms with E-state index in [9.17, 15) is 9.59 Å². The van der Waals surface area contributed by atoms with E-state index in [2.05, 4.69) is 0 Å². The Morgan fingerprint density at radius 1 is 1.37 bits per heavy atom. The smallest absolute Gasteiger partial charge is 0.227 e. The Kier molecular flexibility index (Phi) is 3.45. The molecule has 0 bridgehead atoms. The van der Waals surface area contributed by atoms with Gasteiger partial charge in [-0.2, -0.15) is 0 Å². The molecule has 1 amide bonds. The SMILES string of the molecule is CC(=O)c1ccc(N2C(=O)CC(CN)C2(C)C)cc1. The highest BCUT2D eigenvalue weighted by molar-refractivity contribution is 5.99. The van der Waals surface area contributed by atoms with Crippen molar-refractivity contribution in [1.29, 1.82) is 0 Å². The zero-order valence-electron chi connectivity index (χ0n) is 11.6. The van der Waals surface area contributed by atoms with Gasteiger partial charge in [0.15, 0.2) is 5.78 Å². The molecule has 0 radical (unpaired) electrons. The minimum absolute atomic E-state index is 0.0263. The Hall–Kier alpha value is -1.68. The summed E-state index contributed by atoms with van der Waals surface area (Å²) in [4.78, 5) is 25.3. The molecule has 2 rings (SSSR count). The molecule has 1 aromatic rings. The van der Waals surface area contributed by atoms with Crippen molar-refractivity contribution in [3.05, 3.63) is 29.8 Å². The molecule has 1 atom stereocenters. The third-order valence-electron chi connectivity index (χ3n) is 4.06. The van der Waals surface area contributed by atoms with Gasteiger partial charge in [-0.15, -0.1) is 0 Å². The van der Waals surface area contributed by atoms with Gasteiger partial charge in [-0.25, -0.2) is 0 Å². The molecule has 1 heterocycles. The fourth-order valence-electron chi connectivity index (χ4n) is 2.75. The van der Waals surface area contributed by atoms with E-state index in [1.54, 1.807) is 17.0 Å². The van der Waals surface area contributed by atoms with Gasteiger partial charge in [0, 0.05) is 29.1 Å². The summed E-state index contributed by atoms with van der Waals surface area (Å²) in [5.41, 5.74) is 6.95. The second kappa shape index (κ2) is 4.78. The van der Waals surface area contributed by atoms with Crippen LogP contribution in [0.15, 0.2) is 24.3 Å². The van der Waals surface area contributed by atoms with Gasteiger partial charge in [0.1, 0.15) is 0 Å². The Morgan fingerprint density at radius 2 is 1.95 bits per heavy atom. The molecule has 1 aliphatic rings. The Balaban J connectivity index is 2.35. The number of carbonyl (C=O) groups excluding carboxylic acids is 2. The van der Waals surface area contributed by atoms with E-state index in [1.165, 1.54) is 6.92 Å². The minimum atomic E-state index is -0.288. The van der Waals surface area contributed by atoms with Crippen LogP contribution in [0.25, 0.3) is 0 Å². The fraction of sp³-hybridized carbons (Fsp3) is 0.467. The van der Waals surface area contributed by atoms with Gasteiger partial charge in [-0.1, -0.05) is 0 Å². The standard InChI is InChI=1S/C15H20N2O2/c1-10(18)11-4-6-13(7-5-11)17-14(19)8-12(9-16)15(17,2)3/h4-7,12H,8-9,16H2,1-3H3. The van der Waals surface area contributed by atoms with Crippen LogP contribution >= 0.6 is 0 Å². The van der Waals surface area contributed by atoms with Crippen LogP contribution in [0.4, 0.5) is 5.69 Å². The molecule has 0 saturated carbocycles. The molecule has 0 aromatic heterocycles. The summed E-state index contributed by atoms with van der Waals surface area (Å²) >= 11 is 0. The van der Waals surface area contributed by atoms with Crippen LogP contribution in [0.1, 0.15) is 37.6 Å². The van der Waals surface area contributed by atoms with Crippen LogP contribution in [0.3, 0.4) is 0 Å². The number of carbonyl (C=O) groups is 2. The molecule has 4 nitrogen and oxygen atoms in total. The normalized spacial score (nSPS) is 21.8. The first-order chi connectivity index (χ1) is 8.87. The van der Waals surface area contributed by atoms with Crippen LogP contribution in [0.5, 0.6) is 0 Å². The lowest BCUT2D eigenvalue weighted by Gasteiger charge is -2.35. The van der Waals surface area contributed by atoms with Gasteiger partial charge in [0.2, 0.25) is 5.91 Å². The number of amides is 1. The van der Waals surface area contributed by atoms with Gasteiger partial charge in [-0.05, 0) is 51.6 Å². The van der Waals surface area contributed by atoms with Crippen LogP contribution in [-0.4, -0.2) is 23.8 Å². The van der Waals surface area contributed by atoms with E-state index in [-0.39, 0.29) is 23.1 Å². The maximum Gasteiger partial charge on any atom is 0.227 e. The molecule has 1 saturated heterocycles. The number of rotatable bonds is 3. The lowest BCUT2D eigenvalue weighted by Crippen LogP contribution is -2.46. The molecule has 19 heavy (non-hydrogen) atoms. The van der Waals surface area contributed by atoms with Crippen molar-refractivity contribution in [2.75, 3.05) is 11.4 Å². The zero-order chi connectivity index (χ0) is 14.2. The van der Waals surface area contributed by atoms with Crippen LogP contribution in [-0.2, 0) is 4.79 Å². The van der Waals surface area contributed by atoms with Crippen molar-refractivity contribution < 1.29 is 9.59 Å². The second-order valence-electron chi connectivity index (χ2n) is 5.62. The van der Waals surface area contributed by atoms with Crippen molar-refractivity contribution >= 4 is 17.4 Å². The lowest BCUT2D eigenvalue weighted by atomic mass is 9.88. The summed E-state index contributed by atoms with van der Waals surface area (Å²) in [5, 5.41) is 0. The van der Waals surface area contributed by atoms with Gasteiger partial charge < -0.3 is 10.6 Å². The molecule has 1 unspecified atom stereocenters. The van der Waals surface area contributed by atoms with Crippen molar-refractivity contribution in [2.45, 2.75) is 32.7 Å². The maximum absolute atomic E-state index is 12.2. The third kappa shape index (κ3) is 2.28. The molecule has 1 fully saturated rings. The van der Waals surface area contributed by atoms with E-state index in [0.29, 0.717) is 18.5 Å². The topological polar surface area (TPSA) is 63.4 Å². The first kappa shape index (κ1) is 13.7. The van der Waals surface area contributed by atoms with E-state index in [4.69, 9.17) is 5.73 Å². The second-order valence-corrected chi connectivity index (χ2v) is 5.62. The number of benzene rings is 1. The summed E-state index contributed by atoms with van der Waals surface area (Å²) in [7, 11) is 0. The Labute approximate surface area is 113 Å². The first-order valence-corrected chi connectivity index (χ1v) is 6.52. The van der Waals surface area contributed by atoms with Crippen molar-refractivity contribution in [3.63, 3.8) is 0 Å². The zero-order valence-corrected chi connectivity index (χ0v) is 11.6. The number of Topliss-reactive ketones (excluding diaryl/α,β-unsaturated/α-hetero) is 1. The molecule has 1 aromatic carbocycles. The fourth-order valence-corrected chi connectivity index (χ4v) is 2.75. The van der Waals surface area contributed by atoms with E-state index >= 15 is 0 Å². The molecule has 2 N–H and O–H groups in total. The van der Waals surface area contributed by atoms with E-state index in [1.807, 2.05) is 26.0 Å². The predicted octanol–water partition coefficient (Wildman–Crippen LogP) is 1.98. The lowest BCUT2D eigenvalue weighted by molar-refractivity contribution is -0.117. The van der Waals surface area contributed by atoms with Crippen molar-refractivity contribution in [2.24, 2.45) is 11.7 Å². The number of hydrogen-bond acceptors (Lipinski definition) is 3. The number of anilines is 1. The summed E-state index contributed by atoms with van der Waals surface area (Å²) in [6.45, 7) is 6.10. The van der Waals surface area contributed by atoms with Gasteiger partial charge in [0.25, 0.3) is 0 Å². The highest BCUT2D eigenvalue weighted by Crippen LogP contribution is 2.38. The van der Waals surface area contributed by atoms with Crippen LogP contribution in [0.2, 0.25) is 0 Å². The van der Waals surface area contributed by atoms with Crippen LogP contribution in [0, 0.1) is 5.92 Å². The highest BCUT2D eigenvalue weighted by atomic mass is 16.2. The van der Waals surface area contributed by atoms with Crippen molar-refractivity contribution in [3.8, 4) is 0 Å². The third-order valence-corrected chi connectivity index (χ3v) is 4.06. The molecular weight excluding hydrogens is 240 g/mol. The summed E-state index contributed by atoms with van der Waals surface area (Å²) in [6, 6.07) is 7.18. The quantitative estimate of drug-likeness (QED) is 0.845. The first-order valence-electron chi connectivity index (χ1n) is 6.52. The molecule has 102 valence electrons. The Bertz CT molecular complexity index is 505. The Morgan fingerprint density at radius 3 is 2.37 bits per heavy atom. The molecule has 0 aliphatic carbocycles. The number of nitrogens with zero attached hydrogens (tertiary/aromatic N) is 1. The molecular formula is C15H20N2O2. The highest BCUT2D eigenvalue weighted by Gasteiger charge is 2.45. The minimum Gasteiger partial charge on any atom is -0.330 e. The number of hydrogen-bond donors (Lipinski definition) is 1.